The number of ketones is 1. The van der Waals surface area contributed by atoms with E-state index in [0.29, 0.717) is 6.42 Å². The van der Waals surface area contributed by atoms with Gasteiger partial charge in [-0.2, -0.15) is 0 Å². The second-order valence-corrected chi connectivity index (χ2v) is 4.74. The van der Waals surface area contributed by atoms with E-state index >= 15 is 0 Å². The van der Waals surface area contributed by atoms with Gasteiger partial charge in [-0.25, -0.2) is 0 Å². The van der Waals surface area contributed by atoms with Crippen molar-refractivity contribution in [1.82, 2.24) is 0 Å². The van der Waals surface area contributed by atoms with E-state index < -0.39 is 11.9 Å². The highest BCUT2D eigenvalue weighted by molar-refractivity contribution is 7.10. The van der Waals surface area contributed by atoms with Crippen molar-refractivity contribution in [1.29, 1.82) is 0 Å². The number of rotatable bonds is 2. The molecule has 0 saturated carbocycles. The Morgan fingerprint density at radius 2 is 2.33 bits per heavy atom. The first kappa shape index (κ1) is 10.4. The summed E-state index contributed by atoms with van der Waals surface area (Å²) in [4.78, 5) is 23.6. The Morgan fingerprint density at radius 3 is 2.93 bits per heavy atom. The molecule has 1 unspecified atom stereocenters. The van der Waals surface area contributed by atoms with E-state index in [2.05, 4.69) is 0 Å². The van der Waals surface area contributed by atoms with Crippen molar-refractivity contribution in [2.75, 3.05) is 0 Å². The predicted octanol–water partition coefficient (Wildman–Crippen LogP) is 2.14. The van der Waals surface area contributed by atoms with Crippen molar-refractivity contribution in [2.24, 2.45) is 5.92 Å². The third kappa shape index (κ3) is 1.69. The molecule has 0 bridgehead atoms. The molecule has 15 heavy (non-hydrogen) atoms. The molecule has 0 amide bonds. The van der Waals surface area contributed by atoms with Crippen LogP contribution < -0.4 is 0 Å². The van der Waals surface area contributed by atoms with Crippen LogP contribution >= 0.6 is 11.3 Å². The van der Waals surface area contributed by atoms with Crippen LogP contribution in [0.2, 0.25) is 0 Å². The first-order valence-electron chi connectivity index (χ1n) is 4.98. The number of carbonyl (C=O) groups excluding carboxylic acids is 1. The average Bonchev–Trinajstić information content (AvgIpc) is 2.60. The van der Waals surface area contributed by atoms with Gasteiger partial charge in [0.15, 0.2) is 5.78 Å². The predicted molar refractivity (Wildman–Crippen MR) is 57.5 cm³/mol. The highest BCUT2D eigenvalue weighted by Crippen LogP contribution is 2.33. The van der Waals surface area contributed by atoms with Crippen molar-refractivity contribution in [3.05, 3.63) is 21.4 Å². The third-order valence-corrected chi connectivity index (χ3v) is 3.87. The number of aryl methyl sites for hydroxylation is 1. The second kappa shape index (κ2) is 3.77. The molecule has 1 aliphatic rings. The molecule has 3 nitrogen and oxygen atoms in total. The Balaban J connectivity index is 2.38. The summed E-state index contributed by atoms with van der Waals surface area (Å²) in [6.07, 6.45) is 1.52. The second-order valence-electron chi connectivity index (χ2n) is 3.78. The molecule has 0 aliphatic heterocycles. The third-order valence-electron chi connectivity index (χ3n) is 2.82. The van der Waals surface area contributed by atoms with Crippen LogP contribution in [-0.4, -0.2) is 16.9 Å². The molecule has 80 valence electrons. The highest BCUT2D eigenvalue weighted by Gasteiger charge is 2.32. The fourth-order valence-electron chi connectivity index (χ4n) is 1.98. The molecular formula is C11H12O3S. The van der Waals surface area contributed by atoms with Crippen LogP contribution in [0.1, 0.15) is 34.1 Å². The zero-order valence-electron chi connectivity index (χ0n) is 8.45. The highest BCUT2D eigenvalue weighted by atomic mass is 32.1. The van der Waals surface area contributed by atoms with Gasteiger partial charge in [-0.3, -0.25) is 9.59 Å². The normalized spacial score (nSPS) is 20.1. The van der Waals surface area contributed by atoms with Gasteiger partial charge in [0.25, 0.3) is 0 Å². The lowest BCUT2D eigenvalue weighted by Gasteiger charge is -2.18. The number of carboxylic acid groups (broad SMARTS) is 1. The Labute approximate surface area is 91.7 Å². The molecule has 2 rings (SSSR count). The lowest BCUT2D eigenvalue weighted by atomic mass is 9.86. The summed E-state index contributed by atoms with van der Waals surface area (Å²) in [7, 11) is 0. The van der Waals surface area contributed by atoms with Crippen molar-refractivity contribution >= 4 is 23.1 Å². The number of Topliss-reactive ketones (excluding diaryl/α,β-unsaturated/α-hetero) is 1. The van der Waals surface area contributed by atoms with E-state index in [1.165, 1.54) is 11.3 Å². The Hall–Kier alpha value is -1.16. The summed E-state index contributed by atoms with van der Waals surface area (Å²) in [5.41, 5.74) is 1.88. The van der Waals surface area contributed by atoms with E-state index in [1.54, 1.807) is 0 Å². The topological polar surface area (TPSA) is 54.4 Å². The Morgan fingerprint density at radius 1 is 1.60 bits per heavy atom. The molecule has 0 radical (unpaired) electrons. The smallest absolute Gasteiger partial charge is 0.307 e. The Kier molecular flexibility index (Phi) is 2.61. The monoisotopic (exact) mass is 224 g/mol. The number of hydrogen-bond acceptors (Lipinski definition) is 3. The molecule has 1 atom stereocenters. The number of fused-ring (bicyclic) bond motifs is 1. The molecular weight excluding hydrogens is 212 g/mol. The van der Waals surface area contributed by atoms with Gasteiger partial charge in [0.1, 0.15) is 0 Å². The summed E-state index contributed by atoms with van der Waals surface area (Å²) in [6, 6.07) is 0. The van der Waals surface area contributed by atoms with Crippen LogP contribution in [0.25, 0.3) is 0 Å². The maximum absolute atomic E-state index is 11.8. The molecule has 1 N–H and O–H groups in total. The van der Waals surface area contributed by atoms with E-state index in [-0.39, 0.29) is 12.2 Å². The lowest BCUT2D eigenvalue weighted by Crippen LogP contribution is -2.25. The molecule has 0 aromatic carbocycles. The largest absolute Gasteiger partial charge is 0.481 e. The molecule has 0 fully saturated rings. The van der Waals surface area contributed by atoms with Crippen LogP contribution in [-0.2, 0) is 17.6 Å². The Bertz CT molecular complexity index is 419. The number of aliphatic carboxylic acids is 1. The van der Waals surface area contributed by atoms with Gasteiger partial charge in [-0.05, 0) is 23.8 Å². The minimum Gasteiger partial charge on any atom is -0.481 e. The number of hydrogen-bond donors (Lipinski definition) is 1. The first-order chi connectivity index (χ1) is 7.13. The summed E-state index contributed by atoms with van der Waals surface area (Å²) in [5.74, 6) is -1.38. The van der Waals surface area contributed by atoms with E-state index in [0.717, 1.165) is 22.4 Å². The van der Waals surface area contributed by atoms with Gasteiger partial charge in [0.2, 0.25) is 0 Å². The number of carboxylic acids is 1. The van der Waals surface area contributed by atoms with Gasteiger partial charge in [0, 0.05) is 16.9 Å². The quantitative estimate of drug-likeness (QED) is 0.837. The minimum absolute atomic E-state index is 0.00162. The van der Waals surface area contributed by atoms with Gasteiger partial charge in [-0.1, -0.05) is 6.92 Å². The average molecular weight is 224 g/mol. The van der Waals surface area contributed by atoms with Crippen LogP contribution in [0, 0.1) is 5.92 Å². The molecule has 4 heteroatoms. The van der Waals surface area contributed by atoms with E-state index in [4.69, 9.17) is 5.11 Å². The summed E-state index contributed by atoms with van der Waals surface area (Å²) in [6.45, 7) is 2.01. The molecule has 0 saturated heterocycles. The van der Waals surface area contributed by atoms with Crippen LogP contribution in [0.4, 0.5) is 0 Å². The van der Waals surface area contributed by atoms with Gasteiger partial charge < -0.3 is 5.11 Å². The minimum atomic E-state index is -0.861. The first-order valence-corrected chi connectivity index (χ1v) is 5.86. The SMILES string of the molecule is CCc1csc2c1C(=O)CC(C(=O)O)C2. The van der Waals surface area contributed by atoms with E-state index in [1.807, 2.05) is 12.3 Å². The molecule has 0 spiro atoms. The number of thiophene rings is 1. The zero-order valence-corrected chi connectivity index (χ0v) is 9.26. The summed E-state index contributed by atoms with van der Waals surface area (Å²) < 4.78 is 0. The van der Waals surface area contributed by atoms with Crippen molar-refractivity contribution in [2.45, 2.75) is 26.2 Å². The van der Waals surface area contributed by atoms with Gasteiger partial charge in [-0.15, -0.1) is 11.3 Å². The van der Waals surface area contributed by atoms with Crippen molar-refractivity contribution in [3.8, 4) is 0 Å². The van der Waals surface area contributed by atoms with Crippen molar-refractivity contribution in [3.63, 3.8) is 0 Å². The summed E-state index contributed by atoms with van der Waals surface area (Å²) in [5, 5.41) is 10.9. The van der Waals surface area contributed by atoms with Gasteiger partial charge in [0.05, 0.1) is 5.92 Å². The van der Waals surface area contributed by atoms with E-state index in [9.17, 15) is 9.59 Å². The molecule has 1 aromatic heterocycles. The van der Waals surface area contributed by atoms with Crippen LogP contribution in [0.15, 0.2) is 5.38 Å². The fourth-order valence-corrected chi connectivity index (χ4v) is 3.21. The summed E-state index contributed by atoms with van der Waals surface area (Å²) >= 11 is 1.52. The number of carbonyl (C=O) groups is 2. The molecule has 1 aliphatic carbocycles. The standard InChI is InChI=1S/C11H12O3S/c1-2-6-5-15-9-4-7(11(13)14)3-8(12)10(6)9/h5,7H,2-4H2,1H3,(H,13,14). The maximum atomic E-state index is 11.8. The molecule has 1 aromatic rings. The zero-order chi connectivity index (χ0) is 11.0. The fraction of sp³-hybridized carbons (Fsp3) is 0.455. The lowest BCUT2D eigenvalue weighted by molar-refractivity contribution is -0.141. The molecule has 1 heterocycles. The van der Waals surface area contributed by atoms with Crippen LogP contribution in [0.3, 0.4) is 0 Å². The van der Waals surface area contributed by atoms with Crippen molar-refractivity contribution < 1.29 is 14.7 Å². The van der Waals surface area contributed by atoms with Crippen LogP contribution in [0.5, 0.6) is 0 Å². The van der Waals surface area contributed by atoms with Gasteiger partial charge >= 0.3 is 5.97 Å². The maximum Gasteiger partial charge on any atom is 0.307 e.